The van der Waals surface area contributed by atoms with Crippen molar-refractivity contribution in [2.24, 2.45) is 0 Å². The summed E-state index contributed by atoms with van der Waals surface area (Å²) in [5, 5.41) is 8.86. The van der Waals surface area contributed by atoms with Crippen LogP contribution in [0.5, 0.6) is 0 Å². The van der Waals surface area contributed by atoms with E-state index in [1.165, 1.54) is 0 Å². The minimum Gasteiger partial charge on any atom is -0.270 e. The van der Waals surface area contributed by atoms with Crippen molar-refractivity contribution in [1.82, 2.24) is 4.72 Å². The van der Waals surface area contributed by atoms with Crippen molar-refractivity contribution >= 4 is 31.8 Å². The van der Waals surface area contributed by atoms with Crippen LogP contribution in [0.4, 0.5) is 5.69 Å². The summed E-state index contributed by atoms with van der Waals surface area (Å²) in [6.07, 6.45) is 0.699. The third-order valence-electron chi connectivity index (χ3n) is 1.89. The molecule has 0 aliphatic carbocycles. The average molecular weight is 318 g/mol. The summed E-state index contributed by atoms with van der Waals surface area (Å²) in [4.78, 5) is 0. The lowest BCUT2D eigenvalue weighted by atomic mass is 10.2. The van der Waals surface area contributed by atoms with Gasteiger partial charge in [0.15, 0.2) is 0 Å². The van der Waals surface area contributed by atoms with Gasteiger partial charge in [0.2, 0.25) is 0 Å². The largest absolute Gasteiger partial charge is 0.299 e. The average Bonchev–Trinajstić information content (AvgIpc) is 2.26. The van der Waals surface area contributed by atoms with Crippen LogP contribution in [0.15, 0.2) is 22.7 Å². The molecule has 0 radical (unpaired) electrons. The van der Waals surface area contributed by atoms with E-state index in [0.29, 0.717) is 17.4 Å². The van der Waals surface area contributed by atoms with Crippen molar-refractivity contribution in [3.8, 4) is 6.07 Å². The third-order valence-corrected chi connectivity index (χ3v) is 3.45. The SMILES string of the molecule is CCCNS(=O)(=O)Nc1cc(Br)ccc1C#N. The summed E-state index contributed by atoms with van der Waals surface area (Å²) in [5.41, 5.74) is 0.528. The van der Waals surface area contributed by atoms with Crippen molar-refractivity contribution in [2.75, 3.05) is 11.3 Å². The van der Waals surface area contributed by atoms with Gasteiger partial charge in [0.1, 0.15) is 6.07 Å². The van der Waals surface area contributed by atoms with Crippen LogP contribution >= 0.6 is 15.9 Å². The first-order valence-electron chi connectivity index (χ1n) is 4.95. The molecule has 0 aromatic heterocycles. The number of rotatable bonds is 5. The number of nitriles is 1. The third kappa shape index (κ3) is 4.34. The van der Waals surface area contributed by atoms with Crippen LogP contribution in [0.25, 0.3) is 0 Å². The number of anilines is 1. The Morgan fingerprint density at radius 1 is 1.47 bits per heavy atom. The molecule has 0 bridgehead atoms. The van der Waals surface area contributed by atoms with E-state index < -0.39 is 10.2 Å². The van der Waals surface area contributed by atoms with E-state index in [0.717, 1.165) is 0 Å². The van der Waals surface area contributed by atoms with Gasteiger partial charge < -0.3 is 0 Å². The molecule has 2 N–H and O–H groups in total. The highest BCUT2D eigenvalue weighted by atomic mass is 79.9. The first-order valence-corrected chi connectivity index (χ1v) is 7.23. The molecular formula is C10H12BrN3O2S. The standard InChI is InChI=1S/C10H12BrN3O2S/c1-2-5-13-17(15,16)14-10-6-9(11)4-3-8(10)7-12/h3-4,6,13-14H,2,5H2,1H3. The minimum absolute atomic E-state index is 0.255. The van der Waals surface area contributed by atoms with Gasteiger partial charge in [-0.3, -0.25) is 4.72 Å². The highest BCUT2D eigenvalue weighted by Crippen LogP contribution is 2.21. The predicted octanol–water partition coefficient (Wildman–Crippen LogP) is 1.98. The molecule has 0 fully saturated rings. The summed E-state index contributed by atoms with van der Waals surface area (Å²) in [7, 11) is -3.62. The van der Waals surface area contributed by atoms with E-state index in [1.807, 2.05) is 13.0 Å². The zero-order valence-corrected chi connectivity index (χ0v) is 11.6. The molecule has 17 heavy (non-hydrogen) atoms. The summed E-state index contributed by atoms with van der Waals surface area (Å²) in [6.45, 7) is 2.22. The normalized spacial score (nSPS) is 10.9. The van der Waals surface area contributed by atoms with Crippen LogP contribution in [0, 0.1) is 11.3 Å². The Labute approximate surface area is 109 Å². The number of halogens is 1. The van der Waals surface area contributed by atoms with Crippen molar-refractivity contribution in [3.63, 3.8) is 0 Å². The maximum absolute atomic E-state index is 11.6. The first kappa shape index (κ1) is 14.0. The second kappa shape index (κ2) is 6.00. The Kier molecular flexibility index (Phi) is 4.93. The predicted molar refractivity (Wildman–Crippen MR) is 69.7 cm³/mol. The highest BCUT2D eigenvalue weighted by Gasteiger charge is 2.11. The fraction of sp³-hybridized carbons (Fsp3) is 0.300. The van der Waals surface area contributed by atoms with Crippen molar-refractivity contribution in [3.05, 3.63) is 28.2 Å². The molecule has 1 aromatic carbocycles. The quantitative estimate of drug-likeness (QED) is 0.871. The molecule has 0 unspecified atom stereocenters. The van der Waals surface area contributed by atoms with Crippen LogP contribution in [0.1, 0.15) is 18.9 Å². The number of hydrogen-bond donors (Lipinski definition) is 2. The molecule has 5 nitrogen and oxygen atoms in total. The van der Waals surface area contributed by atoms with E-state index in [1.54, 1.807) is 18.2 Å². The Balaban J connectivity index is 2.95. The Bertz CT molecular complexity index is 537. The molecule has 1 rings (SSSR count). The first-order chi connectivity index (χ1) is 7.98. The van der Waals surface area contributed by atoms with E-state index in [9.17, 15) is 8.42 Å². The van der Waals surface area contributed by atoms with Gasteiger partial charge in [-0.1, -0.05) is 22.9 Å². The molecule has 1 aromatic rings. The van der Waals surface area contributed by atoms with Crippen LogP contribution in [-0.4, -0.2) is 15.0 Å². The van der Waals surface area contributed by atoms with E-state index >= 15 is 0 Å². The zero-order chi connectivity index (χ0) is 12.9. The molecule has 92 valence electrons. The molecule has 0 aliphatic rings. The van der Waals surface area contributed by atoms with Gasteiger partial charge in [0.25, 0.3) is 10.2 Å². The number of benzene rings is 1. The second-order valence-corrected chi connectivity index (χ2v) is 5.72. The van der Waals surface area contributed by atoms with Crippen LogP contribution in [0.3, 0.4) is 0 Å². The molecule has 7 heteroatoms. The Morgan fingerprint density at radius 2 is 2.18 bits per heavy atom. The van der Waals surface area contributed by atoms with Gasteiger partial charge >= 0.3 is 0 Å². The summed E-state index contributed by atoms with van der Waals surface area (Å²) in [6, 6.07) is 6.69. The van der Waals surface area contributed by atoms with Crippen LogP contribution < -0.4 is 9.44 Å². The lowest BCUT2D eigenvalue weighted by Crippen LogP contribution is -2.30. The zero-order valence-electron chi connectivity index (χ0n) is 9.20. The fourth-order valence-corrected chi connectivity index (χ4v) is 2.48. The Hall–Kier alpha value is -1.10. The lowest BCUT2D eigenvalue weighted by molar-refractivity contribution is 0.586. The van der Waals surface area contributed by atoms with Gasteiger partial charge in [-0.2, -0.15) is 18.4 Å². The fourth-order valence-electron chi connectivity index (χ4n) is 1.12. The van der Waals surface area contributed by atoms with E-state index in [2.05, 4.69) is 25.4 Å². The van der Waals surface area contributed by atoms with Crippen molar-refractivity contribution in [1.29, 1.82) is 5.26 Å². The molecule has 0 heterocycles. The van der Waals surface area contributed by atoms with Gasteiger partial charge in [0, 0.05) is 11.0 Å². The summed E-state index contributed by atoms with van der Waals surface area (Å²) < 4.78 is 28.6. The second-order valence-electron chi connectivity index (χ2n) is 3.30. The number of nitrogens with one attached hydrogen (secondary N) is 2. The molecule has 0 amide bonds. The molecule has 0 saturated carbocycles. The van der Waals surface area contributed by atoms with E-state index in [-0.39, 0.29) is 11.3 Å². The van der Waals surface area contributed by atoms with Gasteiger partial charge in [0.05, 0.1) is 11.3 Å². The summed E-state index contributed by atoms with van der Waals surface area (Å²) >= 11 is 3.22. The van der Waals surface area contributed by atoms with Crippen LogP contribution in [-0.2, 0) is 10.2 Å². The Morgan fingerprint density at radius 3 is 2.76 bits per heavy atom. The molecule has 0 spiro atoms. The van der Waals surface area contributed by atoms with Crippen molar-refractivity contribution in [2.45, 2.75) is 13.3 Å². The minimum atomic E-state index is -3.62. The van der Waals surface area contributed by atoms with Crippen LogP contribution in [0.2, 0.25) is 0 Å². The maximum Gasteiger partial charge on any atom is 0.299 e. The molecular weight excluding hydrogens is 306 g/mol. The molecule has 0 aliphatic heterocycles. The lowest BCUT2D eigenvalue weighted by Gasteiger charge is -2.10. The van der Waals surface area contributed by atoms with E-state index in [4.69, 9.17) is 5.26 Å². The van der Waals surface area contributed by atoms with Gasteiger partial charge in [-0.15, -0.1) is 0 Å². The molecule has 0 atom stereocenters. The highest BCUT2D eigenvalue weighted by molar-refractivity contribution is 9.10. The number of nitrogens with zero attached hydrogens (tertiary/aromatic N) is 1. The monoisotopic (exact) mass is 317 g/mol. The van der Waals surface area contributed by atoms with Gasteiger partial charge in [-0.25, -0.2) is 0 Å². The van der Waals surface area contributed by atoms with Crippen molar-refractivity contribution < 1.29 is 8.42 Å². The topological polar surface area (TPSA) is 82.0 Å². The number of hydrogen-bond acceptors (Lipinski definition) is 3. The maximum atomic E-state index is 11.6. The van der Waals surface area contributed by atoms with Gasteiger partial charge in [-0.05, 0) is 24.6 Å². The smallest absolute Gasteiger partial charge is 0.270 e. The summed E-state index contributed by atoms with van der Waals surface area (Å²) in [5.74, 6) is 0. The molecule has 0 saturated heterocycles.